The first-order chi connectivity index (χ1) is 7.63. The maximum atomic E-state index is 5.59. The standard InChI is InChI=1S/C12H18N2OS/c1-14(6-7-15-2)9-10-4-3-5-11(8-10)12(13)16/h3-5,8H,6-7,9H2,1-2H3,(H2,13,16). The van der Waals surface area contributed by atoms with E-state index in [0.29, 0.717) is 4.99 Å². The first-order valence-corrected chi connectivity index (χ1v) is 5.60. The van der Waals surface area contributed by atoms with E-state index in [0.717, 1.165) is 25.3 Å². The second-order valence-electron chi connectivity index (χ2n) is 3.80. The number of rotatable bonds is 6. The van der Waals surface area contributed by atoms with Crippen molar-refractivity contribution in [1.29, 1.82) is 0 Å². The van der Waals surface area contributed by atoms with Gasteiger partial charge in [-0.1, -0.05) is 30.4 Å². The van der Waals surface area contributed by atoms with Crippen molar-refractivity contribution >= 4 is 17.2 Å². The molecule has 1 aromatic rings. The Balaban J connectivity index is 2.59. The van der Waals surface area contributed by atoms with Crippen LogP contribution in [-0.2, 0) is 11.3 Å². The van der Waals surface area contributed by atoms with Crippen LogP contribution in [0, 0.1) is 0 Å². The Morgan fingerprint density at radius 2 is 2.25 bits per heavy atom. The molecule has 0 saturated carbocycles. The highest BCUT2D eigenvalue weighted by atomic mass is 32.1. The quantitative estimate of drug-likeness (QED) is 0.760. The molecule has 0 aromatic heterocycles. The zero-order chi connectivity index (χ0) is 12.0. The van der Waals surface area contributed by atoms with Crippen molar-refractivity contribution < 1.29 is 4.74 Å². The average molecular weight is 238 g/mol. The van der Waals surface area contributed by atoms with Crippen LogP contribution in [0.4, 0.5) is 0 Å². The van der Waals surface area contributed by atoms with Crippen LogP contribution in [0.3, 0.4) is 0 Å². The first-order valence-electron chi connectivity index (χ1n) is 5.19. The minimum atomic E-state index is 0.446. The predicted molar refractivity (Wildman–Crippen MR) is 70.5 cm³/mol. The highest BCUT2D eigenvalue weighted by Crippen LogP contribution is 2.07. The van der Waals surface area contributed by atoms with Gasteiger partial charge in [-0.3, -0.25) is 4.90 Å². The molecule has 0 bridgehead atoms. The number of likely N-dealkylation sites (N-methyl/N-ethyl adjacent to an activating group) is 1. The third-order valence-corrected chi connectivity index (χ3v) is 2.58. The van der Waals surface area contributed by atoms with E-state index in [4.69, 9.17) is 22.7 Å². The second kappa shape index (κ2) is 6.58. The number of ether oxygens (including phenoxy) is 1. The zero-order valence-corrected chi connectivity index (χ0v) is 10.6. The molecule has 0 unspecified atom stereocenters. The minimum absolute atomic E-state index is 0.446. The van der Waals surface area contributed by atoms with Crippen molar-refractivity contribution in [3.8, 4) is 0 Å². The van der Waals surface area contributed by atoms with Crippen molar-refractivity contribution in [3.05, 3.63) is 35.4 Å². The number of benzene rings is 1. The molecule has 0 spiro atoms. The highest BCUT2D eigenvalue weighted by Gasteiger charge is 2.02. The Morgan fingerprint density at radius 3 is 2.88 bits per heavy atom. The van der Waals surface area contributed by atoms with Crippen molar-refractivity contribution in [2.24, 2.45) is 5.73 Å². The molecule has 0 amide bonds. The average Bonchev–Trinajstić information content (AvgIpc) is 2.26. The fourth-order valence-corrected chi connectivity index (χ4v) is 1.59. The Bertz CT molecular complexity index is 355. The lowest BCUT2D eigenvalue weighted by atomic mass is 10.1. The molecule has 1 aromatic carbocycles. The fourth-order valence-electron chi connectivity index (χ4n) is 1.46. The number of nitrogens with zero attached hydrogens (tertiary/aromatic N) is 1. The summed E-state index contributed by atoms with van der Waals surface area (Å²) in [5.41, 5.74) is 7.73. The second-order valence-corrected chi connectivity index (χ2v) is 4.24. The summed E-state index contributed by atoms with van der Waals surface area (Å²) in [6, 6.07) is 8.02. The number of thiocarbonyl (C=S) groups is 1. The smallest absolute Gasteiger partial charge is 0.103 e. The number of nitrogens with two attached hydrogens (primary N) is 1. The van der Waals surface area contributed by atoms with Crippen LogP contribution >= 0.6 is 12.2 Å². The Morgan fingerprint density at radius 1 is 1.50 bits per heavy atom. The maximum absolute atomic E-state index is 5.59. The normalized spacial score (nSPS) is 10.7. The van der Waals surface area contributed by atoms with E-state index in [1.807, 2.05) is 18.2 Å². The summed E-state index contributed by atoms with van der Waals surface area (Å²) in [6.07, 6.45) is 0. The number of hydrogen-bond acceptors (Lipinski definition) is 3. The summed E-state index contributed by atoms with van der Waals surface area (Å²) in [5.74, 6) is 0. The number of methoxy groups -OCH3 is 1. The third-order valence-electron chi connectivity index (χ3n) is 2.34. The fraction of sp³-hybridized carbons (Fsp3) is 0.417. The topological polar surface area (TPSA) is 38.5 Å². The Kier molecular flexibility index (Phi) is 5.38. The van der Waals surface area contributed by atoms with Crippen LogP contribution in [0.1, 0.15) is 11.1 Å². The molecule has 0 fully saturated rings. The highest BCUT2D eigenvalue weighted by molar-refractivity contribution is 7.80. The molecule has 3 nitrogen and oxygen atoms in total. The van der Waals surface area contributed by atoms with Gasteiger partial charge in [0.05, 0.1) is 6.61 Å². The zero-order valence-electron chi connectivity index (χ0n) is 9.77. The van der Waals surface area contributed by atoms with E-state index in [1.54, 1.807) is 7.11 Å². The summed E-state index contributed by atoms with van der Waals surface area (Å²) < 4.78 is 5.03. The summed E-state index contributed by atoms with van der Waals surface area (Å²) >= 11 is 4.95. The van der Waals surface area contributed by atoms with Crippen molar-refractivity contribution in [1.82, 2.24) is 4.90 Å². The summed E-state index contributed by atoms with van der Waals surface area (Å²) in [5, 5.41) is 0. The lowest BCUT2D eigenvalue weighted by Gasteiger charge is -2.16. The van der Waals surface area contributed by atoms with Gasteiger partial charge >= 0.3 is 0 Å². The van der Waals surface area contributed by atoms with Crippen molar-refractivity contribution in [2.45, 2.75) is 6.54 Å². The van der Waals surface area contributed by atoms with Crippen LogP contribution in [-0.4, -0.2) is 37.2 Å². The first kappa shape index (κ1) is 13.1. The van der Waals surface area contributed by atoms with Crippen LogP contribution < -0.4 is 5.73 Å². The molecule has 0 heterocycles. The summed E-state index contributed by atoms with van der Waals surface area (Å²) in [6.45, 7) is 2.53. The molecular formula is C12H18N2OS. The van der Waals surface area contributed by atoms with Gasteiger partial charge < -0.3 is 10.5 Å². The molecule has 0 aliphatic carbocycles. The number of hydrogen-bond donors (Lipinski definition) is 1. The van der Waals surface area contributed by atoms with Gasteiger partial charge in [0.1, 0.15) is 4.99 Å². The van der Waals surface area contributed by atoms with Gasteiger partial charge in [0.15, 0.2) is 0 Å². The van der Waals surface area contributed by atoms with E-state index in [2.05, 4.69) is 18.0 Å². The molecule has 0 aliphatic heterocycles. The molecule has 0 atom stereocenters. The lowest BCUT2D eigenvalue weighted by molar-refractivity contribution is 0.158. The van der Waals surface area contributed by atoms with Gasteiger partial charge in [0, 0.05) is 25.8 Å². The van der Waals surface area contributed by atoms with E-state index in [-0.39, 0.29) is 0 Å². The van der Waals surface area contributed by atoms with Gasteiger partial charge in [0.2, 0.25) is 0 Å². The van der Waals surface area contributed by atoms with Crippen molar-refractivity contribution in [3.63, 3.8) is 0 Å². The maximum Gasteiger partial charge on any atom is 0.103 e. The molecule has 88 valence electrons. The molecule has 0 aliphatic rings. The van der Waals surface area contributed by atoms with Gasteiger partial charge in [-0.25, -0.2) is 0 Å². The van der Waals surface area contributed by atoms with E-state index in [1.165, 1.54) is 5.56 Å². The lowest BCUT2D eigenvalue weighted by Crippen LogP contribution is -2.22. The largest absolute Gasteiger partial charge is 0.389 e. The van der Waals surface area contributed by atoms with Crippen LogP contribution in [0.25, 0.3) is 0 Å². The van der Waals surface area contributed by atoms with E-state index >= 15 is 0 Å². The molecule has 0 radical (unpaired) electrons. The molecule has 1 rings (SSSR count). The predicted octanol–water partition coefficient (Wildman–Crippen LogP) is 1.40. The Labute approximate surface area is 102 Å². The molecule has 2 N–H and O–H groups in total. The van der Waals surface area contributed by atoms with Crippen LogP contribution in [0.2, 0.25) is 0 Å². The summed E-state index contributed by atoms with van der Waals surface area (Å²) in [4.78, 5) is 2.64. The van der Waals surface area contributed by atoms with E-state index in [9.17, 15) is 0 Å². The van der Waals surface area contributed by atoms with Gasteiger partial charge in [0.25, 0.3) is 0 Å². The van der Waals surface area contributed by atoms with Gasteiger partial charge in [-0.05, 0) is 18.7 Å². The SMILES string of the molecule is COCCN(C)Cc1cccc(C(N)=S)c1. The molecule has 0 saturated heterocycles. The molecular weight excluding hydrogens is 220 g/mol. The van der Waals surface area contributed by atoms with Crippen molar-refractivity contribution in [2.75, 3.05) is 27.3 Å². The van der Waals surface area contributed by atoms with Gasteiger partial charge in [-0.2, -0.15) is 0 Å². The van der Waals surface area contributed by atoms with Crippen LogP contribution in [0.15, 0.2) is 24.3 Å². The van der Waals surface area contributed by atoms with Crippen LogP contribution in [0.5, 0.6) is 0 Å². The third kappa shape index (κ3) is 4.26. The monoisotopic (exact) mass is 238 g/mol. The van der Waals surface area contributed by atoms with Gasteiger partial charge in [-0.15, -0.1) is 0 Å². The van der Waals surface area contributed by atoms with E-state index < -0.39 is 0 Å². The minimum Gasteiger partial charge on any atom is -0.389 e. The molecule has 4 heteroatoms. The molecule has 16 heavy (non-hydrogen) atoms. The summed E-state index contributed by atoms with van der Waals surface area (Å²) in [7, 11) is 3.77. The Hall–Kier alpha value is -0.970.